The zero-order valence-electron chi connectivity index (χ0n) is 17.9. The number of hydrogen-bond acceptors (Lipinski definition) is 3. The van der Waals surface area contributed by atoms with E-state index in [1.165, 1.54) is 0 Å². The van der Waals surface area contributed by atoms with E-state index in [1.807, 2.05) is 71.9 Å². The van der Waals surface area contributed by atoms with Crippen LogP contribution in [0, 0.1) is 0 Å². The summed E-state index contributed by atoms with van der Waals surface area (Å²) in [7, 11) is 0. The molecule has 0 fully saturated rings. The molecule has 0 bridgehead atoms. The van der Waals surface area contributed by atoms with Crippen molar-refractivity contribution in [2.75, 3.05) is 6.67 Å². The SMILES string of the molecule is Clc1ccc(C(OCc2ccc(Cl)cc2Cl)C(Cl)N2C=CN(Cc3ccccc3Cl)C2)cc1.I. The molecule has 1 aliphatic heterocycles. The Balaban J connectivity index is 0.00000324. The minimum Gasteiger partial charge on any atom is -0.365 e. The second-order valence-electron chi connectivity index (χ2n) is 7.68. The molecule has 1 aliphatic rings. The van der Waals surface area contributed by atoms with Crippen LogP contribution in [-0.2, 0) is 17.9 Å². The third-order valence-electron chi connectivity index (χ3n) is 5.34. The van der Waals surface area contributed by atoms with Gasteiger partial charge >= 0.3 is 0 Å². The van der Waals surface area contributed by atoms with Gasteiger partial charge in [0.25, 0.3) is 0 Å². The summed E-state index contributed by atoms with van der Waals surface area (Å²) in [5.41, 5.74) is 2.34. The Kier molecular flexibility index (Phi) is 10.5. The van der Waals surface area contributed by atoms with Crippen molar-refractivity contribution < 1.29 is 4.74 Å². The largest absolute Gasteiger partial charge is 0.365 e. The highest BCUT2D eigenvalue weighted by Crippen LogP contribution is 2.33. The molecule has 0 radical (unpaired) electrons. The first-order chi connectivity index (χ1) is 15.9. The standard InChI is InChI=1S/C25H21Cl5N2O.HI/c26-20-8-5-17(6-9-20)24(33-15-19-7-10-21(27)13-23(19)29)25(30)32-12-11-31(16-32)14-18-3-1-2-4-22(18)28;/h1-13,24-25H,14-16H2;1H. The molecule has 3 nitrogen and oxygen atoms in total. The van der Waals surface area contributed by atoms with Gasteiger partial charge in [-0.1, -0.05) is 94.4 Å². The van der Waals surface area contributed by atoms with Crippen LogP contribution in [0.25, 0.3) is 0 Å². The Morgan fingerprint density at radius 3 is 2.21 bits per heavy atom. The van der Waals surface area contributed by atoms with Crippen molar-refractivity contribution >= 4 is 82.0 Å². The van der Waals surface area contributed by atoms with Crippen molar-refractivity contribution in [2.24, 2.45) is 0 Å². The highest BCUT2D eigenvalue weighted by atomic mass is 127. The third kappa shape index (κ3) is 7.10. The molecule has 2 atom stereocenters. The number of halogens is 6. The van der Waals surface area contributed by atoms with E-state index in [9.17, 15) is 0 Å². The molecule has 0 N–H and O–H groups in total. The number of benzene rings is 3. The summed E-state index contributed by atoms with van der Waals surface area (Å²) in [4.78, 5) is 4.17. The van der Waals surface area contributed by atoms with Crippen molar-refractivity contribution in [3.05, 3.63) is 116 Å². The highest BCUT2D eigenvalue weighted by molar-refractivity contribution is 14.0. The van der Waals surface area contributed by atoms with Gasteiger partial charge in [-0.25, -0.2) is 0 Å². The Bertz CT molecular complexity index is 1130. The second kappa shape index (κ2) is 12.9. The van der Waals surface area contributed by atoms with Crippen LogP contribution in [0.15, 0.2) is 79.1 Å². The van der Waals surface area contributed by atoms with E-state index < -0.39 is 11.6 Å². The number of rotatable bonds is 8. The van der Waals surface area contributed by atoms with Crippen LogP contribution in [0.2, 0.25) is 20.1 Å². The zero-order valence-corrected chi connectivity index (χ0v) is 24.0. The van der Waals surface area contributed by atoms with Gasteiger partial charge in [0.05, 0.1) is 13.3 Å². The number of alkyl halides is 1. The van der Waals surface area contributed by atoms with Gasteiger partial charge in [0.1, 0.15) is 11.6 Å². The molecule has 0 amide bonds. The monoisotopic (exact) mass is 668 g/mol. The predicted molar refractivity (Wildman–Crippen MR) is 153 cm³/mol. The molecule has 0 saturated heterocycles. The fourth-order valence-electron chi connectivity index (χ4n) is 3.57. The normalized spacial score (nSPS) is 14.7. The van der Waals surface area contributed by atoms with E-state index >= 15 is 0 Å². The zero-order chi connectivity index (χ0) is 23.4. The summed E-state index contributed by atoms with van der Waals surface area (Å²) >= 11 is 31.8. The summed E-state index contributed by atoms with van der Waals surface area (Å²) in [5, 5.41) is 2.52. The fourth-order valence-corrected chi connectivity index (χ4v) is 4.70. The van der Waals surface area contributed by atoms with Gasteiger partial charge in [-0.2, -0.15) is 0 Å². The number of nitrogens with zero attached hydrogens (tertiary/aromatic N) is 2. The van der Waals surface area contributed by atoms with E-state index in [1.54, 1.807) is 12.1 Å². The molecule has 4 rings (SSSR count). The number of ether oxygens (including phenoxy) is 1. The molecule has 2 unspecified atom stereocenters. The van der Waals surface area contributed by atoms with E-state index in [0.717, 1.165) is 21.7 Å². The molecular formula is C25H22Cl5IN2O. The van der Waals surface area contributed by atoms with Gasteiger partial charge < -0.3 is 14.5 Å². The molecule has 0 saturated carbocycles. The molecule has 0 aromatic heterocycles. The topological polar surface area (TPSA) is 15.7 Å². The van der Waals surface area contributed by atoms with Gasteiger partial charge in [-0.15, -0.1) is 24.0 Å². The summed E-state index contributed by atoms with van der Waals surface area (Å²) in [5.74, 6) is 0. The maximum Gasteiger partial charge on any atom is 0.135 e. The summed E-state index contributed by atoms with van der Waals surface area (Å²) in [6.45, 7) is 1.57. The van der Waals surface area contributed by atoms with Crippen LogP contribution in [0.3, 0.4) is 0 Å². The summed E-state index contributed by atoms with van der Waals surface area (Å²) < 4.78 is 6.30. The molecule has 180 valence electrons. The lowest BCUT2D eigenvalue weighted by atomic mass is 10.1. The Labute approximate surface area is 242 Å². The quantitative estimate of drug-likeness (QED) is 0.135. The van der Waals surface area contributed by atoms with E-state index in [0.29, 0.717) is 28.3 Å². The lowest BCUT2D eigenvalue weighted by Gasteiger charge is -2.32. The maximum atomic E-state index is 6.97. The Morgan fingerprint density at radius 1 is 0.794 bits per heavy atom. The van der Waals surface area contributed by atoms with E-state index in [2.05, 4.69) is 4.90 Å². The lowest BCUT2D eigenvalue weighted by Crippen LogP contribution is -2.35. The van der Waals surface area contributed by atoms with Crippen molar-refractivity contribution in [1.82, 2.24) is 9.80 Å². The lowest BCUT2D eigenvalue weighted by molar-refractivity contribution is 0.00658. The van der Waals surface area contributed by atoms with Crippen LogP contribution < -0.4 is 0 Å². The summed E-state index contributed by atoms with van der Waals surface area (Å²) in [6, 6.07) is 20.7. The molecule has 0 spiro atoms. The van der Waals surface area contributed by atoms with Gasteiger partial charge in [0.15, 0.2) is 0 Å². The molecule has 0 aliphatic carbocycles. The molecule has 1 heterocycles. The van der Waals surface area contributed by atoms with Crippen LogP contribution in [-0.4, -0.2) is 22.0 Å². The number of hydrogen-bond donors (Lipinski definition) is 0. The average Bonchev–Trinajstić information content (AvgIpc) is 3.26. The second-order valence-corrected chi connectivity index (χ2v) is 9.82. The van der Waals surface area contributed by atoms with Crippen molar-refractivity contribution in [3.8, 4) is 0 Å². The van der Waals surface area contributed by atoms with Crippen molar-refractivity contribution in [3.63, 3.8) is 0 Å². The minimum absolute atomic E-state index is 0. The van der Waals surface area contributed by atoms with Crippen LogP contribution >= 0.6 is 82.0 Å². The van der Waals surface area contributed by atoms with Crippen molar-refractivity contribution in [2.45, 2.75) is 24.8 Å². The maximum absolute atomic E-state index is 6.97. The first kappa shape index (κ1) is 27.7. The van der Waals surface area contributed by atoms with Crippen molar-refractivity contribution in [1.29, 1.82) is 0 Å². The fraction of sp³-hybridized carbons (Fsp3) is 0.200. The first-order valence-corrected chi connectivity index (χ1v) is 12.2. The summed E-state index contributed by atoms with van der Waals surface area (Å²) in [6.07, 6.45) is 3.55. The average molecular weight is 671 g/mol. The molecular weight excluding hydrogens is 648 g/mol. The van der Waals surface area contributed by atoms with E-state index in [4.69, 9.17) is 62.7 Å². The molecule has 3 aromatic carbocycles. The van der Waals surface area contributed by atoms with Crippen LogP contribution in [0.5, 0.6) is 0 Å². The smallest absolute Gasteiger partial charge is 0.135 e. The Morgan fingerprint density at radius 2 is 1.50 bits per heavy atom. The molecule has 9 heteroatoms. The minimum atomic E-state index is -0.468. The third-order valence-corrected chi connectivity index (χ3v) is 7.03. The Hall–Kier alpha value is -0.860. The van der Waals surface area contributed by atoms with Gasteiger partial charge in [0, 0.05) is 39.0 Å². The van der Waals surface area contributed by atoms with Gasteiger partial charge in [0.2, 0.25) is 0 Å². The predicted octanol–water partition coefficient (Wildman–Crippen LogP) is 8.99. The highest BCUT2D eigenvalue weighted by Gasteiger charge is 2.29. The van der Waals surface area contributed by atoms with Gasteiger partial charge in [-0.3, -0.25) is 0 Å². The van der Waals surface area contributed by atoms with Crippen LogP contribution in [0.4, 0.5) is 0 Å². The van der Waals surface area contributed by atoms with Gasteiger partial charge in [-0.05, 0) is 47.0 Å². The van der Waals surface area contributed by atoms with E-state index in [-0.39, 0.29) is 30.6 Å². The first-order valence-electron chi connectivity index (χ1n) is 10.3. The molecule has 34 heavy (non-hydrogen) atoms. The molecule has 3 aromatic rings. The van der Waals surface area contributed by atoms with Crippen LogP contribution in [0.1, 0.15) is 22.8 Å².